The second kappa shape index (κ2) is 4.15. The van der Waals surface area contributed by atoms with Gasteiger partial charge in [-0.3, -0.25) is 0 Å². The second-order valence-electron chi connectivity index (χ2n) is 4.34. The van der Waals surface area contributed by atoms with E-state index in [1.165, 1.54) is 0 Å². The fourth-order valence-electron chi connectivity index (χ4n) is 1.71. The maximum Gasteiger partial charge on any atom is 0.410 e. The zero-order valence-corrected chi connectivity index (χ0v) is 9.88. The van der Waals surface area contributed by atoms with Crippen LogP contribution in [-0.2, 0) is 11.3 Å². The molecule has 5 heteroatoms. The molecular weight excluding hydrogens is 206 g/mol. The minimum absolute atomic E-state index is 0.147. The van der Waals surface area contributed by atoms with Gasteiger partial charge >= 0.3 is 6.09 Å². The van der Waals surface area contributed by atoms with E-state index in [2.05, 4.69) is 4.98 Å². The number of aryl methyl sites for hydroxylation is 1. The van der Waals surface area contributed by atoms with Gasteiger partial charge in [-0.15, -0.1) is 0 Å². The number of nitrogens with zero attached hydrogens (tertiary/aromatic N) is 3. The summed E-state index contributed by atoms with van der Waals surface area (Å²) in [6.07, 6.45) is 4.00. The van der Waals surface area contributed by atoms with Gasteiger partial charge in [0.1, 0.15) is 5.82 Å². The smallest absolute Gasteiger partial charge is 0.410 e. The molecule has 5 nitrogen and oxygen atoms in total. The van der Waals surface area contributed by atoms with Gasteiger partial charge < -0.3 is 14.2 Å². The normalized spacial score (nSPS) is 18.6. The van der Waals surface area contributed by atoms with Crippen molar-refractivity contribution in [3.63, 3.8) is 0 Å². The predicted molar refractivity (Wildman–Crippen MR) is 59.0 cm³/mol. The Kier molecular flexibility index (Phi) is 2.85. The molecule has 0 aromatic carbocycles. The van der Waals surface area contributed by atoms with Gasteiger partial charge in [0.15, 0.2) is 6.10 Å². The van der Waals surface area contributed by atoms with Crippen molar-refractivity contribution in [3.8, 4) is 0 Å². The lowest BCUT2D eigenvalue weighted by Gasteiger charge is -2.22. The summed E-state index contributed by atoms with van der Waals surface area (Å²) in [6, 6.07) is 0.147. The van der Waals surface area contributed by atoms with E-state index in [1.54, 1.807) is 18.1 Å². The molecule has 0 N–H and O–H groups in total. The van der Waals surface area contributed by atoms with Gasteiger partial charge in [0.05, 0.1) is 0 Å². The highest BCUT2D eigenvalue weighted by atomic mass is 16.6. The van der Waals surface area contributed by atoms with Crippen molar-refractivity contribution in [2.24, 2.45) is 0 Å². The van der Waals surface area contributed by atoms with Gasteiger partial charge in [0, 0.05) is 38.4 Å². The molecule has 0 saturated carbocycles. The van der Waals surface area contributed by atoms with Gasteiger partial charge in [-0.1, -0.05) is 0 Å². The summed E-state index contributed by atoms with van der Waals surface area (Å²) in [7, 11) is 1.74. The van der Waals surface area contributed by atoms with Crippen LogP contribution in [0.2, 0.25) is 0 Å². The van der Waals surface area contributed by atoms with Gasteiger partial charge in [0.2, 0.25) is 0 Å². The van der Waals surface area contributed by atoms with Crippen LogP contribution in [0.15, 0.2) is 12.4 Å². The summed E-state index contributed by atoms with van der Waals surface area (Å²) in [5.74, 6) is 0.852. The van der Waals surface area contributed by atoms with Crippen LogP contribution < -0.4 is 0 Å². The standard InChI is InChI=1S/C11H17N3O2/c1-8(2)13(3)11(15)16-9-4-6-14-7-5-12-10(9)14/h5,7-9H,4,6H2,1-3H3/t9-/m0/s1. The SMILES string of the molecule is CC(C)N(C)C(=O)O[C@H]1CCn2ccnc21. The third-order valence-electron chi connectivity index (χ3n) is 2.97. The highest BCUT2D eigenvalue weighted by molar-refractivity contribution is 5.67. The van der Waals surface area contributed by atoms with Crippen molar-refractivity contribution in [2.75, 3.05) is 7.05 Å². The number of hydrogen-bond donors (Lipinski definition) is 0. The molecule has 0 saturated heterocycles. The minimum atomic E-state index is -0.281. The van der Waals surface area contributed by atoms with Crippen molar-refractivity contribution in [3.05, 3.63) is 18.2 Å². The van der Waals surface area contributed by atoms with Crippen molar-refractivity contribution in [1.29, 1.82) is 0 Å². The van der Waals surface area contributed by atoms with Crippen LogP contribution in [0, 0.1) is 0 Å². The Morgan fingerprint density at radius 1 is 1.69 bits per heavy atom. The molecule has 1 atom stereocenters. The summed E-state index contributed by atoms with van der Waals surface area (Å²) >= 11 is 0. The average Bonchev–Trinajstić information content (AvgIpc) is 2.81. The van der Waals surface area contributed by atoms with E-state index in [-0.39, 0.29) is 18.2 Å². The number of aromatic nitrogens is 2. The molecule has 1 amide bonds. The fraction of sp³-hybridized carbons (Fsp3) is 0.636. The van der Waals surface area contributed by atoms with E-state index >= 15 is 0 Å². The molecule has 2 heterocycles. The third-order valence-corrected chi connectivity index (χ3v) is 2.97. The third kappa shape index (κ3) is 1.89. The fourth-order valence-corrected chi connectivity index (χ4v) is 1.71. The second-order valence-corrected chi connectivity index (χ2v) is 4.34. The summed E-state index contributed by atoms with van der Waals surface area (Å²) in [5, 5.41) is 0. The maximum absolute atomic E-state index is 11.7. The Balaban J connectivity index is 2.00. The zero-order valence-electron chi connectivity index (χ0n) is 9.88. The highest BCUT2D eigenvalue weighted by Crippen LogP contribution is 2.27. The Hall–Kier alpha value is -1.52. The molecule has 0 radical (unpaired) electrons. The van der Waals surface area contributed by atoms with Crippen molar-refractivity contribution in [1.82, 2.24) is 14.5 Å². The van der Waals surface area contributed by atoms with E-state index in [9.17, 15) is 4.79 Å². The average molecular weight is 223 g/mol. The topological polar surface area (TPSA) is 47.4 Å². The highest BCUT2D eigenvalue weighted by Gasteiger charge is 2.28. The quantitative estimate of drug-likeness (QED) is 0.768. The van der Waals surface area contributed by atoms with Crippen LogP contribution >= 0.6 is 0 Å². The molecule has 0 fully saturated rings. The van der Waals surface area contributed by atoms with Crippen LogP contribution in [0.1, 0.15) is 32.2 Å². The Bertz CT molecular complexity index is 386. The number of imidazole rings is 1. The van der Waals surface area contributed by atoms with E-state index in [0.29, 0.717) is 0 Å². The molecule has 1 aromatic heterocycles. The molecule has 1 aromatic rings. The van der Waals surface area contributed by atoms with Crippen LogP contribution in [0.3, 0.4) is 0 Å². The van der Waals surface area contributed by atoms with E-state index in [0.717, 1.165) is 18.8 Å². The number of carbonyl (C=O) groups excluding carboxylic acids is 1. The summed E-state index contributed by atoms with van der Waals surface area (Å²) in [4.78, 5) is 17.5. The number of carbonyl (C=O) groups is 1. The Labute approximate surface area is 95.0 Å². The van der Waals surface area contributed by atoms with Crippen LogP contribution in [0.25, 0.3) is 0 Å². The molecule has 2 rings (SSSR count). The van der Waals surface area contributed by atoms with Crippen LogP contribution in [0.5, 0.6) is 0 Å². The van der Waals surface area contributed by atoms with Gasteiger partial charge in [-0.25, -0.2) is 9.78 Å². The lowest BCUT2D eigenvalue weighted by Crippen LogP contribution is -2.34. The number of amides is 1. The molecule has 0 spiro atoms. The minimum Gasteiger partial charge on any atom is -0.438 e. The monoisotopic (exact) mass is 223 g/mol. The van der Waals surface area contributed by atoms with Crippen molar-refractivity contribution >= 4 is 6.09 Å². The number of fused-ring (bicyclic) bond motifs is 1. The van der Waals surface area contributed by atoms with Crippen molar-refractivity contribution < 1.29 is 9.53 Å². The van der Waals surface area contributed by atoms with E-state index in [1.807, 2.05) is 24.6 Å². The Morgan fingerprint density at radius 3 is 3.12 bits per heavy atom. The summed E-state index contributed by atoms with van der Waals surface area (Å²) < 4.78 is 7.44. The molecule has 0 aliphatic carbocycles. The largest absolute Gasteiger partial charge is 0.438 e. The zero-order chi connectivity index (χ0) is 11.7. The first-order valence-electron chi connectivity index (χ1n) is 5.54. The summed E-state index contributed by atoms with van der Waals surface area (Å²) in [6.45, 7) is 4.78. The number of hydrogen-bond acceptors (Lipinski definition) is 3. The molecule has 1 aliphatic heterocycles. The van der Waals surface area contributed by atoms with Crippen LogP contribution in [0.4, 0.5) is 4.79 Å². The predicted octanol–water partition coefficient (Wildman–Crippen LogP) is 1.80. The van der Waals surface area contributed by atoms with Gasteiger partial charge in [-0.05, 0) is 13.8 Å². The Morgan fingerprint density at radius 2 is 2.44 bits per heavy atom. The molecule has 88 valence electrons. The lowest BCUT2D eigenvalue weighted by molar-refractivity contribution is 0.0609. The first kappa shape index (κ1) is 11.0. The lowest BCUT2D eigenvalue weighted by atomic mass is 10.3. The van der Waals surface area contributed by atoms with Gasteiger partial charge in [-0.2, -0.15) is 0 Å². The first-order chi connectivity index (χ1) is 7.59. The van der Waals surface area contributed by atoms with E-state index in [4.69, 9.17) is 4.74 Å². The van der Waals surface area contributed by atoms with Gasteiger partial charge in [0.25, 0.3) is 0 Å². The molecule has 16 heavy (non-hydrogen) atoms. The molecular formula is C11H17N3O2. The molecule has 0 unspecified atom stereocenters. The number of rotatable bonds is 2. The first-order valence-corrected chi connectivity index (χ1v) is 5.54. The molecule has 0 bridgehead atoms. The van der Waals surface area contributed by atoms with Crippen molar-refractivity contribution in [2.45, 2.75) is 39.0 Å². The molecule has 1 aliphatic rings. The number of ether oxygens (including phenoxy) is 1. The van der Waals surface area contributed by atoms with Crippen LogP contribution in [-0.4, -0.2) is 33.6 Å². The van der Waals surface area contributed by atoms with E-state index < -0.39 is 0 Å². The summed E-state index contributed by atoms with van der Waals surface area (Å²) in [5.41, 5.74) is 0. The maximum atomic E-state index is 11.7.